The molecule has 3 heterocycles. The minimum atomic E-state index is -0.208. The summed E-state index contributed by atoms with van der Waals surface area (Å²) in [7, 11) is 0. The first-order chi connectivity index (χ1) is 10.2. The van der Waals surface area contributed by atoms with Gasteiger partial charge in [0.1, 0.15) is 6.33 Å². The summed E-state index contributed by atoms with van der Waals surface area (Å²) in [6.07, 6.45) is 5.02. The van der Waals surface area contributed by atoms with Gasteiger partial charge in [-0.1, -0.05) is 18.2 Å². The molecule has 0 saturated heterocycles. The molecule has 1 aromatic carbocycles. The standard InChI is InChI=1S/C15H11N5O/c1-10-7-16-15-18-13-12(14(21)19(15)8-10)17-9-20(13)11-5-3-2-4-6-11/h2-9H,1H3. The second kappa shape index (κ2) is 4.24. The van der Waals surface area contributed by atoms with Crippen LogP contribution in [0.15, 0.2) is 53.8 Å². The number of benzene rings is 1. The van der Waals surface area contributed by atoms with Crippen LogP contribution in [0.5, 0.6) is 0 Å². The van der Waals surface area contributed by atoms with Crippen molar-refractivity contribution in [2.45, 2.75) is 6.92 Å². The Hall–Kier alpha value is -3.02. The smallest absolute Gasteiger partial charge is 0.283 e. The summed E-state index contributed by atoms with van der Waals surface area (Å²) in [6, 6.07) is 9.67. The highest BCUT2D eigenvalue weighted by molar-refractivity contribution is 5.73. The molecule has 0 atom stereocenters. The lowest BCUT2D eigenvalue weighted by atomic mass is 10.3. The molecule has 0 bridgehead atoms. The van der Waals surface area contributed by atoms with E-state index in [9.17, 15) is 4.79 Å². The predicted molar refractivity (Wildman–Crippen MR) is 78.6 cm³/mol. The Morgan fingerprint density at radius 1 is 1.10 bits per heavy atom. The van der Waals surface area contributed by atoms with Gasteiger partial charge in [-0.25, -0.2) is 14.4 Å². The molecule has 0 fully saturated rings. The molecule has 0 saturated carbocycles. The van der Waals surface area contributed by atoms with Crippen LogP contribution in [0.3, 0.4) is 0 Å². The van der Waals surface area contributed by atoms with Crippen molar-refractivity contribution < 1.29 is 0 Å². The van der Waals surface area contributed by atoms with Crippen LogP contribution in [0, 0.1) is 6.92 Å². The first-order valence-corrected chi connectivity index (χ1v) is 6.51. The van der Waals surface area contributed by atoms with E-state index >= 15 is 0 Å². The second-order valence-corrected chi connectivity index (χ2v) is 4.84. The van der Waals surface area contributed by atoms with Crippen LogP contribution in [0.1, 0.15) is 5.56 Å². The fourth-order valence-electron chi connectivity index (χ4n) is 2.33. The van der Waals surface area contributed by atoms with E-state index in [0.717, 1.165) is 11.3 Å². The van der Waals surface area contributed by atoms with Crippen LogP contribution in [0.4, 0.5) is 0 Å². The Labute approximate surface area is 119 Å². The Kier molecular flexibility index (Phi) is 2.38. The average molecular weight is 277 g/mol. The third-order valence-electron chi connectivity index (χ3n) is 3.34. The van der Waals surface area contributed by atoms with Gasteiger partial charge in [0.2, 0.25) is 5.78 Å². The van der Waals surface area contributed by atoms with Crippen LogP contribution < -0.4 is 5.56 Å². The maximum atomic E-state index is 12.5. The van der Waals surface area contributed by atoms with Crippen LogP contribution in [0.25, 0.3) is 22.6 Å². The summed E-state index contributed by atoms with van der Waals surface area (Å²) in [5, 5.41) is 0. The highest BCUT2D eigenvalue weighted by Crippen LogP contribution is 2.14. The van der Waals surface area contributed by atoms with Crippen molar-refractivity contribution in [3.8, 4) is 5.69 Å². The van der Waals surface area contributed by atoms with E-state index < -0.39 is 0 Å². The number of aryl methyl sites for hydroxylation is 1. The fourth-order valence-corrected chi connectivity index (χ4v) is 2.33. The minimum absolute atomic E-state index is 0.208. The van der Waals surface area contributed by atoms with E-state index in [0.29, 0.717) is 16.9 Å². The van der Waals surface area contributed by atoms with Gasteiger partial charge in [0.25, 0.3) is 5.56 Å². The monoisotopic (exact) mass is 277 g/mol. The number of hydrogen-bond donors (Lipinski definition) is 0. The van der Waals surface area contributed by atoms with Crippen molar-refractivity contribution in [3.63, 3.8) is 0 Å². The van der Waals surface area contributed by atoms with Gasteiger partial charge in [0.05, 0.1) is 0 Å². The molecule has 0 N–H and O–H groups in total. The first kappa shape index (κ1) is 11.8. The van der Waals surface area contributed by atoms with Gasteiger partial charge in [-0.3, -0.25) is 9.36 Å². The largest absolute Gasteiger partial charge is 0.287 e. The lowest BCUT2D eigenvalue weighted by molar-refractivity contribution is 0.989. The predicted octanol–water partition coefficient (Wildman–Crippen LogP) is 1.74. The Balaban J connectivity index is 2.12. The number of imidazole rings is 1. The van der Waals surface area contributed by atoms with Gasteiger partial charge in [-0.2, -0.15) is 4.98 Å². The molecule has 6 heteroatoms. The molecule has 0 aliphatic rings. The molecule has 0 radical (unpaired) electrons. The summed E-state index contributed by atoms with van der Waals surface area (Å²) < 4.78 is 3.22. The zero-order valence-corrected chi connectivity index (χ0v) is 11.3. The number of fused-ring (bicyclic) bond motifs is 2. The van der Waals surface area contributed by atoms with Gasteiger partial charge < -0.3 is 0 Å². The lowest BCUT2D eigenvalue weighted by Crippen LogP contribution is -2.17. The summed E-state index contributed by atoms with van der Waals surface area (Å²) in [5.74, 6) is 0.371. The molecule has 0 unspecified atom stereocenters. The normalized spacial score (nSPS) is 11.3. The van der Waals surface area contributed by atoms with Crippen LogP contribution in [-0.4, -0.2) is 23.9 Å². The summed E-state index contributed by atoms with van der Waals surface area (Å²) >= 11 is 0. The van der Waals surface area contributed by atoms with Crippen molar-refractivity contribution in [3.05, 3.63) is 65.0 Å². The number of nitrogens with zero attached hydrogens (tertiary/aromatic N) is 5. The molecule has 0 aliphatic heterocycles. The van der Waals surface area contributed by atoms with E-state index in [-0.39, 0.29) is 5.56 Å². The van der Waals surface area contributed by atoms with E-state index in [4.69, 9.17) is 0 Å². The van der Waals surface area contributed by atoms with E-state index in [1.807, 2.05) is 37.3 Å². The molecule has 21 heavy (non-hydrogen) atoms. The van der Waals surface area contributed by atoms with Crippen molar-refractivity contribution in [2.75, 3.05) is 0 Å². The minimum Gasteiger partial charge on any atom is -0.283 e. The molecule has 0 spiro atoms. The molecular weight excluding hydrogens is 266 g/mol. The van der Waals surface area contributed by atoms with Gasteiger partial charge in [0.15, 0.2) is 11.2 Å². The fraction of sp³-hybridized carbons (Fsp3) is 0.0667. The molecule has 0 amide bonds. The Morgan fingerprint density at radius 2 is 1.90 bits per heavy atom. The molecule has 102 valence electrons. The number of para-hydroxylation sites is 1. The number of rotatable bonds is 1. The average Bonchev–Trinajstić information content (AvgIpc) is 2.93. The second-order valence-electron chi connectivity index (χ2n) is 4.84. The Bertz CT molecular complexity index is 1020. The van der Waals surface area contributed by atoms with E-state index in [1.54, 1.807) is 23.3 Å². The van der Waals surface area contributed by atoms with Gasteiger partial charge in [0, 0.05) is 18.1 Å². The molecule has 6 nitrogen and oxygen atoms in total. The third-order valence-corrected chi connectivity index (χ3v) is 3.34. The molecule has 4 aromatic rings. The highest BCUT2D eigenvalue weighted by Gasteiger charge is 2.12. The van der Waals surface area contributed by atoms with Crippen LogP contribution in [0.2, 0.25) is 0 Å². The maximum Gasteiger partial charge on any atom is 0.287 e. The van der Waals surface area contributed by atoms with Crippen molar-refractivity contribution >= 4 is 16.9 Å². The topological polar surface area (TPSA) is 65.1 Å². The zero-order chi connectivity index (χ0) is 14.4. The molecular formula is C15H11N5O. The lowest BCUT2D eigenvalue weighted by Gasteiger charge is -2.04. The van der Waals surface area contributed by atoms with Crippen molar-refractivity contribution in [2.24, 2.45) is 0 Å². The summed E-state index contributed by atoms with van der Waals surface area (Å²) in [5.41, 5.74) is 2.45. The number of hydrogen-bond acceptors (Lipinski definition) is 4. The first-order valence-electron chi connectivity index (χ1n) is 6.51. The van der Waals surface area contributed by atoms with Crippen molar-refractivity contribution in [1.29, 1.82) is 0 Å². The SMILES string of the molecule is Cc1cnc2nc3c(ncn3-c3ccccc3)c(=O)n2c1. The zero-order valence-electron chi connectivity index (χ0n) is 11.3. The van der Waals surface area contributed by atoms with Crippen molar-refractivity contribution in [1.82, 2.24) is 23.9 Å². The quantitative estimate of drug-likeness (QED) is 0.531. The summed E-state index contributed by atoms with van der Waals surface area (Å²) in [4.78, 5) is 25.4. The van der Waals surface area contributed by atoms with Gasteiger partial charge in [-0.15, -0.1) is 0 Å². The van der Waals surface area contributed by atoms with Crippen LogP contribution >= 0.6 is 0 Å². The summed E-state index contributed by atoms with van der Waals surface area (Å²) in [6.45, 7) is 1.88. The third kappa shape index (κ3) is 1.73. The maximum absolute atomic E-state index is 12.5. The van der Waals surface area contributed by atoms with E-state index in [1.165, 1.54) is 4.40 Å². The van der Waals surface area contributed by atoms with E-state index in [2.05, 4.69) is 15.0 Å². The molecule has 0 aliphatic carbocycles. The number of aromatic nitrogens is 5. The molecule has 3 aromatic heterocycles. The van der Waals surface area contributed by atoms with Gasteiger partial charge >= 0.3 is 0 Å². The van der Waals surface area contributed by atoms with Gasteiger partial charge in [-0.05, 0) is 24.6 Å². The Morgan fingerprint density at radius 3 is 2.71 bits per heavy atom. The van der Waals surface area contributed by atoms with Crippen LogP contribution in [-0.2, 0) is 0 Å². The highest BCUT2D eigenvalue weighted by atomic mass is 16.1. The molecule has 4 rings (SSSR count).